The summed E-state index contributed by atoms with van der Waals surface area (Å²) in [6, 6.07) is 7.39. The summed E-state index contributed by atoms with van der Waals surface area (Å²) < 4.78 is 17.8. The zero-order chi connectivity index (χ0) is 31.6. The van der Waals surface area contributed by atoms with Gasteiger partial charge in [-0.15, -0.1) is 0 Å². The Morgan fingerprint density at radius 1 is 1.18 bits per heavy atom. The van der Waals surface area contributed by atoms with Gasteiger partial charge in [0.25, 0.3) is 5.56 Å². The molecular weight excluding hydrogens is 583 g/mol. The number of aryl methyl sites for hydroxylation is 1. The third-order valence-electron chi connectivity index (χ3n) is 8.66. The van der Waals surface area contributed by atoms with Crippen LogP contribution in [0.15, 0.2) is 54.0 Å². The van der Waals surface area contributed by atoms with Gasteiger partial charge < -0.3 is 19.8 Å². The molecule has 2 aliphatic heterocycles. The Hall–Kier alpha value is -4.44. The van der Waals surface area contributed by atoms with Crippen LogP contribution in [0.5, 0.6) is 5.75 Å². The molecule has 2 unspecified atom stereocenters. The van der Waals surface area contributed by atoms with E-state index in [1.54, 1.807) is 23.2 Å². The Bertz CT molecular complexity index is 1890. The van der Waals surface area contributed by atoms with Crippen LogP contribution in [0, 0.1) is 12.7 Å². The first-order chi connectivity index (χ1) is 20.9. The van der Waals surface area contributed by atoms with Crippen LogP contribution in [0.3, 0.4) is 0 Å². The summed E-state index contributed by atoms with van der Waals surface area (Å²) in [4.78, 5) is 42.6. The SMILES string of the molecule is C=CC(=O)N1CC2CN(C)c3c(c4cc(F)c(-c5c(O)cccc5Cl)nc4n(-c4c(C)ccnc4C(C)C)c3=O)N2CC1C. The molecular formula is C33H34ClFN6O3. The van der Waals surface area contributed by atoms with E-state index in [-0.39, 0.29) is 57.1 Å². The maximum absolute atomic E-state index is 16.2. The molecule has 0 radical (unpaired) electrons. The number of anilines is 2. The van der Waals surface area contributed by atoms with Gasteiger partial charge in [0.05, 0.1) is 33.7 Å². The molecule has 2 aliphatic rings. The molecule has 1 N–H and O–H groups in total. The number of likely N-dealkylation sites (N-methyl/N-ethyl adjacent to an activating group) is 1. The van der Waals surface area contributed by atoms with E-state index in [1.165, 1.54) is 22.8 Å². The van der Waals surface area contributed by atoms with Gasteiger partial charge in [0.15, 0.2) is 11.5 Å². The summed E-state index contributed by atoms with van der Waals surface area (Å²) in [5.74, 6) is -1.12. The summed E-state index contributed by atoms with van der Waals surface area (Å²) in [7, 11) is 1.84. The maximum atomic E-state index is 16.2. The summed E-state index contributed by atoms with van der Waals surface area (Å²) in [5, 5.41) is 11.3. The first kappa shape index (κ1) is 29.6. The number of carbonyl (C=O) groups excluding carboxylic acids is 1. The highest BCUT2D eigenvalue weighted by atomic mass is 35.5. The highest BCUT2D eigenvalue weighted by Gasteiger charge is 2.41. The monoisotopic (exact) mass is 616 g/mol. The van der Waals surface area contributed by atoms with Crippen molar-refractivity contribution in [2.24, 2.45) is 0 Å². The summed E-state index contributed by atoms with van der Waals surface area (Å²) in [6.45, 7) is 12.8. The van der Waals surface area contributed by atoms with Crippen molar-refractivity contribution in [3.63, 3.8) is 0 Å². The highest BCUT2D eigenvalue weighted by molar-refractivity contribution is 6.33. The molecule has 3 aromatic heterocycles. The number of rotatable bonds is 4. The minimum absolute atomic E-state index is 0.0335. The number of fused-ring (bicyclic) bond motifs is 5. The largest absolute Gasteiger partial charge is 0.507 e. The van der Waals surface area contributed by atoms with Gasteiger partial charge in [-0.05, 0) is 55.7 Å². The fourth-order valence-corrected chi connectivity index (χ4v) is 6.86. The third kappa shape index (κ3) is 4.51. The number of nitrogens with zero attached hydrogens (tertiary/aromatic N) is 6. The molecule has 1 aromatic carbocycles. The molecule has 5 heterocycles. The predicted molar refractivity (Wildman–Crippen MR) is 172 cm³/mol. The van der Waals surface area contributed by atoms with Crippen LogP contribution in [0.2, 0.25) is 5.02 Å². The van der Waals surface area contributed by atoms with Crippen molar-refractivity contribution in [2.45, 2.75) is 45.7 Å². The quantitative estimate of drug-likeness (QED) is 0.306. The topological polar surface area (TPSA) is 94.8 Å². The number of piperazine rings is 1. The first-order valence-corrected chi connectivity index (χ1v) is 15.0. The van der Waals surface area contributed by atoms with Crippen molar-refractivity contribution in [3.8, 4) is 22.7 Å². The lowest BCUT2D eigenvalue weighted by Gasteiger charge is -2.51. The van der Waals surface area contributed by atoms with E-state index >= 15 is 4.39 Å². The van der Waals surface area contributed by atoms with Crippen molar-refractivity contribution in [1.82, 2.24) is 19.4 Å². The Balaban J connectivity index is 1.73. The molecule has 228 valence electrons. The second-order valence-electron chi connectivity index (χ2n) is 11.9. The van der Waals surface area contributed by atoms with Crippen LogP contribution in [0.25, 0.3) is 28.0 Å². The van der Waals surface area contributed by atoms with Crippen LogP contribution in [-0.2, 0) is 4.79 Å². The van der Waals surface area contributed by atoms with Crippen LogP contribution in [0.4, 0.5) is 15.8 Å². The van der Waals surface area contributed by atoms with Gasteiger partial charge in [0.1, 0.15) is 17.1 Å². The molecule has 1 amide bonds. The second kappa shape index (κ2) is 10.9. The zero-order valence-corrected chi connectivity index (χ0v) is 26.1. The third-order valence-corrected chi connectivity index (χ3v) is 8.97. The number of phenolic OH excluding ortho intramolecular Hbond substituents is 1. The molecule has 0 saturated carbocycles. The average molecular weight is 617 g/mol. The fourth-order valence-electron chi connectivity index (χ4n) is 6.60. The van der Waals surface area contributed by atoms with E-state index in [4.69, 9.17) is 16.6 Å². The number of amides is 1. The summed E-state index contributed by atoms with van der Waals surface area (Å²) >= 11 is 6.46. The van der Waals surface area contributed by atoms with E-state index in [2.05, 4.69) is 16.5 Å². The maximum Gasteiger partial charge on any atom is 0.282 e. The van der Waals surface area contributed by atoms with Crippen molar-refractivity contribution >= 4 is 39.9 Å². The van der Waals surface area contributed by atoms with Crippen molar-refractivity contribution in [3.05, 3.63) is 81.6 Å². The summed E-state index contributed by atoms with van der Waals surface area (Å²) in [5.41, 5.74) is 2.83. The molecule has 11 heteroatoms. The lowest BCUT2D eigenvalue weighted by atomic mass is 9.98. The smallest absolute Gasteiger partial charge is 0.282 e. The highest BCUT2D eigenvalue weighted by Crippen LogP contribution is 2.44. The second-order valence-corrected chi connectivity index (χ2v) is 12.3. The molecule has 1 fully saturated rings. The van der Waals surface area contributed by atoms with Gasteiger partial charge in [-0.3, -0.25) is 19.1 Å². The van der Waals surface area contributed by atoms with E-state index in [0.29, 0.717) is 47.8 Å². The normalized spacial score (nSPS) is 18.0. The predicted octanol–water partition coefficient (Wildman–Crippen LogP) is 5.42. The fraction of sp³-hybridized carbons (Fsp3) is 0.333. The van der Waals surface area contributed by atoms with E-state index in [1.807, 2.05) is 45.7 Å². The number of pyridine rings is 3. The van der Waals surface area contributed by atoms with Crippen LogP contribution >= 0.6 is 11.6 Å². The Morgan fingerprint density at radius 3 is 2.61 bits per heavy atom. The minimum Gasteiger partial charge on any atom is -0.507 e. The minimum atomic E-state index is -0.696. The standard InChI is InChI=1S/C33H34ClFN6O3/c1-7-25(43)39-16-20-15-38(6)31-30(40(20)14-19(39)5)21-13-23(35)28(26-22(34)9-8-10-24(26)42)37-32(21)41(33(31)44)29-18(4)11-12-36-27(29)17(2)3/h7-13,17,19-20,42H,1,14-16H2,2-6H3. The van der Waals surface area contributed by atoms with Gasteiger partial charge in [0, 0.05) is 44.3 Å². The van der Waals surface area contributed by atoms with Gasteiger partial charge in [-0.1, -0.05) is 38.1 Å². The van der Waals surface area contributed by atoms with Crippen molar-refractivity contribution in [2.75, 3.05) is 36.5 Å². The van der Waals surface area contributed by atoms with Crippen LogP contribution < -0.4 is 15.4 Å². The lowest BCUT2D eigenvalue weighted by Crippen LogP contribution is -2.64. The number of halogens is 2. The Kier molecular flexibility index (Phi) is 7.36. The van der Waals surface area contributed by atoms with E-state index in [9.17, 15) is 14.7 Å². The van der Waals surface area contributed by atoms with Crippen LogP contribution in [0.1, 0.15) is 37.9 Å². The van der Waals surface area contributed by atoms with Gasteiger partial charge in [-0.25, -0.2) is 9.37 Å². The van der Waals surface area contributed by atoms with E-state index in [0.717, 1.165) is 5.56 Å². The molecule has 44 heavy (non-hydrogen) atoms. The van der Waals surface area contributed by atoms with Crippen molar-refractivity contribution < 1.29 is 14.3 Å². The lowest BCUT2D eigenvalue weighted by molar-refractivity contribution is -0.128. The number of phenols is 1. The molecule has 0 spiro atoms. The molecule has 6 rings (SSSR count). The number of hydrogen-bond acceptors (Lipinski definition) is 7. The molecule has 2 atom stereocenters. The molecule has 4 aromatic rings. The first-order valence-electron chi connectivity index (χ1n) is 14.6. The molecule has 9 nitrogen and oxygen atoms in total. The average Bonchev–Trinajstić information content (AvgIpc) is 2.97. The number of hydrogen-bond donors (Lipinski definition) is 1. The Morgan fingerprint density at radius 2 is 1.93 bits per heavy atom. The Labute approximate surface area is 259 Å². The van der Waals surface area contributed by atoms with Gasteiger partial charge >= 0.3 is 0 Å². The van der Waals surface area contributed by atoms with Gasteiger partial charge in [-0.2, -0.15) is 0 Å². The summed E-state index contributed by atoms with van der Waals surface area (Å²) in [6.07, 6.45) is 3.02. The van der Waals surface area contributed by atoms with Crippen molar-refractivity contribution in [1.29, 1.82) is 0 Å². The number of benzene rings is 1. The zero-order valence-electron chi connectivity index (χ0n) is 25.3. The van der Waals surface area contributed by atoms with Crippen LogP contribution in [-0.4, -0.2) is 69.2 Å². The number of aromatic hydroxyl groups is 1. The molecule has 0 aliphatic carbocycles. The molecule has 1 saturated heterocycles. The molecule has 0 bridgehead atoms. The van der Waals surface area contributed by atoms with Gasteiger partial charge in [0.2, 0.25) is 5.91 Å². The number of carbonyl (C=O) groups is 1. The van der Waals surface area contributed by atoms with E-state index < -0.39 is 5.82 Å². The number of aromatic nitrogens is 3.